The van der Waals surface area contributed by atoms with E-state index < -0.39 is 0 Å². The molecular formula is C18H22N2S. The normalized spacial score (nSPS) is 14.2. The smallest absolute Gasteiger partial charge is 0.0602 e. The van der Waals surface area contributed by atoms with E-state index in [0.29, 0.717) is 0 Å². The van der Waals surface area contributed by atoms with Gasteiger partial charge >= 0.3 is 0 Å². The second kappa shape index (κ2) is 6.90. The van der Waals surface area contributed by atoms with Gasteiger partial charge in [-0.15, -0.1) is 11.8 Å². The molecule has 1 heterocycles. The molecule has 0 spiro atoms. The van der Waals surface area contributed by atoms with Crippen LogP contribution in [0.1, 0.15) is 12.0 Å². The number of aryl methyl sites for hydroxylation is 1. The number of rotatable bonds is 4. The number of nitrogens with one attached hydrogen (secondary N) is 1. The van der Waals surface area contributed by atoms with Crippen LogP contribution in [-0.2, 0) is 0 Å². The fourth-order valence-corrected chi connectivity index (χ4v) is 3.53. The number of hydrogen-bond acceptors (Lipinski definition) is 3. The van der Waals surface area contributed by atoms with E-state index in [4.69, 9.17) is 0 Å². The average Bonchev–Trinajstić information content (AvgIpc) is 2.72. The Morgan fingerprint density at radius 3 is 2.76 bits per heavy atom. The molecule has 2 aromatic carbocycles. The maximum absolute atomic E-state index is 3.52. The van der Waals surface area contributed by atoms with Crippen molar-refractivity contribution in [1.29, 1.82) is 0 Å². The minimum atomic E-state index is 1.07. The topological polar surface area (TPSA) is 15.3 Å². The molecule has 0 saturated heterocycles. The molecule has 21 heavy (non-hydrogen) atoms. The van der Waals surface area contributed by atoms with Crippen LogP contribution in [-0.4, -0.2) is 25.4 Å². The van der Waals surface area contributed by atoms with E-state index in [-0.39, 0.29) is 0 Å². The van der Waals surface area contributed by atoms with Gasteiger partial charge in [0.25, 0.3) is 0 Å². The van der Waals surface area contributed by atoms with Gasteiger partial charge in [0, 0.05) is 30.3 Å². The largest absolute Gasteiger partial charge is 0.383 e. The van der Waals surface area contributed by atoms with E-state index in [9.17, 15) is 0 Å². The van der Waals surface area contributed by atoms with Gasteiger partial charge in [0.2, 0.25) is 0 Å². The number of nitrogens with zero attached hydrogens (tertiary/aromatic N) is 1. The Morgan fingerprint density at radius 2 is 1.90 bits per heavy atom. The van der Waals surface area contributed by atoms with Crippen molar-refractivity contribution in [3.63, 3.8) is 0 Å². The van der Waals surface area contributed by atoms with E-state index in [0.717, 1.165) is 25.4 Å². The predicted molar refractivity (Wildman–Crippen MR) is 93.7 cm³/mol. The Morgan fingerprint density at radius 1 is 1.10 bits per heavy atom. The first-order chi connectivity index (χ1) is 10.3. The van der Waals surface area contributed by atoms with Gasteiger partial charge in [-0.25, -0.2) is 0 Å². The highest BCUT2D eigenvalue weighted by molar-refractivity contribution is 7.99. The summed E-state index contributed by atoms with van der Waals surface area (Å²) < 4.78 is 0. The minimum absolute atomic E-state index is 1.07. The molecule has 0 aliphatic carbocycles. The molecule has 110 valence electrons. The van der Waals surface area contributed by atoms with Crippen LogP contribution >= 0.6 is 11.8 Å². The molecule has 0 amide bonds. The Hall–Kier alpha value is -1.61. The van der Waals surface area contributed by atoms with Gasteiger partial charge in [0.15, 0.2) is 0 Å². The molecule has 0 atom stereocenters. The lowest BCUT2D eigenvalue weighted by Crippen LogP contribution is -2.26. The fraction of sp³-hybridized carbons (Fsp3) is 0.333. The highest BCUT2D eigenvalue weighted by atomic mass is 32.2. The third-order valence-electron chi connectivity index (χ3n) is 3.82. The zero-order valence-corrected chi connectivity index (χ0v) is 13.3. The van der Waals surface area contributed by atoms with Crippen LogP contribution in [0.4, 0.5) is 11.4 Å². The Balaban J connectivity index is 1.61. The third kappa shape index (κ3) is 3.73. The maximum atomic E-state index is 3.52. The van der Waals surface area contributed by atoms with E-state index >= 15 is 0 Å². The average molecular weight is 298 g/mol. The lowest BCUT2D eigenvalue weighted by Gasteiger charge is -2.24. The quantitative estimate of drug-likeness (QED) is 0.842. The van der Waals surface area contributed by atoms with Gasteiger partial charge in [0.1, 0.15) is 0 Å². The second-order valence-corrected chi connectivity index (χ2v) is 6.61. The molecule has 0 saturated carbocycles. The number of anilines is 2. The monoisotopic (exact) mass is 298 g/mol. The van der Waals surface area contributed by atoms with Gasteiger partial charge in [-0.2, -0.15) is 0 Å². The zero-order chi connectivity index (χ0) is 14.5. The van der Waals surface area contributed by atoms with Crippen LogP contribution in [0, 0.1) is 6.92 Å². The summed E-state index contributed by atoms with van der Waals surface area (Å²) in [4.78, 5) is 3.87. The van der Waals surface area contributed by atoms with Crippen molar-refractivity contribution in [3.05, 3.63) is 54.1 Å². The summed E-state index contributed by atoms with van der Waals surface area (Å²) in [5.41, 5.74) is 3.95. The lowest BCUT2D eigenvalue weighted by atomic mass is 10.2. The van der Waals surface area contributed by atoms with Gasteiger partial charge in [-0.05, 0) is 37.6 Å². The molecule has 0 aromatic heterocycles. The molecule has 3 heteroatoms. The minimum Gasteiger partial charge on any atom is -0.383 e. The Labute approximate surface area is 131 Å². The van der Waals surface area contributed by atoms with Crippen LogP contribution in [0.5, 0.6) is 0 Å². The summed E-state index contributed by atoms with van der Waals surface area (Å²) >= 11 is 1.94. The van der Waals surface area contributed by atoms with E-state index in [1.807, 2.05) is 11.8 Å². The molecule has 0 bridgehead atoms. The molecule has 0 unspecified atom stereocenters. The van der Waals surface area contributed by atoms with E-state index in [2.05, 4.69) is 65.7 Å². The summed E-state index contributed by atoms with van der Waals surface area (Å²) in [7, 11) is 0. The van der Waals surface area contributed by atoms with Gasteiger partial charge < -0.3 is 10.2 Å². The SMILES string of the molecule is Cc1ccc(SCCN2CCCNc3ccccc32)cc1. The molecule has 2 aromatic rings. The van der Waals surface area contributed by atoms with Crippen molar-refractivity contribution in [2.75, 3.05) is 35.6 Å². The van der Waals surface area contributed by atoms with Gasteiger partial charge in [-0.1, -0.05) is 29.8 Å². The molecule has 0 fully saturated rings. The standard InChI is InChI=1S/C18H22N2S/c1-15-7-9-16(10-8-15)21-14-13-20-12-4-11-19-17-5-2-3-6-18(17)20/h2-3,5-10,19H,4,11-14H2,1H3. The molecule has 1 aliphatic heterocycles. The van der Waals surface area contributed by atoms with Crippen LogP contribution in [0.15, 0.2) is 53.4 Å². The van der Waals surface area contributed by atoms with Crippen molar-refractivity contribution in [1.82, 2.24) is 0 Å². The van der Waals surface area contributed by atoms with Crippen molar-refractivity contribution in [3.8, 4) is 0 Å². The fourth-order valence-electron chi connectivity index (χ4n) is 2.65. The van der Waals surface area contributed by atoms with Gasteiger partial charge in [-0.3, -0.25) is 0 Å². The molecule has 2 nitrogen and oxygen atoms in total. The molecular weight excluding hydrogens is 276 g/mol. The first-order valence-electron chi connectivity index (χ1n) is 7.60. The molecule has 0 radical (unpaired) electrons. The summed E-state index contributed by atoms with van der Waals surface area (Å²) in [6, 6.07) is 17.5. The van der Waals surface area contributed by atoms with Crippen LogP contribution in [0.2, 0.25) is 0 Å². The Bertz CT molecular complexity index is 580. The summed E-state index contributed by atoms with van der Waals surface area (Å²) in [6.07, 6.45) is 1.20. The van der Waals surface area contributed by atoms with Crippen LogP contribution in [0.25, 0.3) is 0 Å². The van der Waals surface area contributed by atoms with Crippen molar-refractivity contribution < 1.29 is 0 Å². The van der Waals surface area contributed by atoms with E-state index in [1.54, 1.807) is 0 Å². The number of benzene rings is 2. The predicted octanol–water partition coefficient (Wildman–Crippen LogP) is 4.41. The molecule has 1 N–H and O–H groups in total. The molecule has 1 aliphatic rings. The number of fused-ring (bicyclic) bond motifs is 1. The van der Waals surface area contributed by atoms with Crippen molar-refractivity contribution >= 4 is 23.1 Å². The Kier molecular flexibility index (Phi) is 4.71. The van der Waals surface area contributed by atoms with Crippen molar-refractivity contribution in [2.45, 2.75) is 18.2 Å². The lowest BCUT2D eigenvalue weighted by molar-refractivity contribution is 0.790. The number of thioether (sulfide) groups is 1. The highest BCUT2D eigenvalue weighted by Gasteiger charge is 2.13. The third-order valence-corrected chi connectivity index (χ3v) is 4.81. The summed E-state index contributed by atoms with van der Waals surface area (Å²) in [6.45, 7) is 5.43. The summed E-state index contributed by atoms with van der Waals surface area (Å²) in [5, 5.41) is 3.52. The van der Waals surface area contributed by atoms with Gasteiger partial charge in [0.05, 0.1) is 11.4 Å². The van der Waals surface area contributed by atoms with Crippen LogP contribution < -0.4 is 10.2 Å². The summed E-state index contributed by atoms with van der Waals surface area (Å²) in [5.74, 6) is 1.12. The number of hydrogen-bond donors (Lipinski definition) is 1. The highest BCUT2D eigenvalue weighted by Crippen LogP contribution is 2.28. The zero-order valence-electron chi connectivity index (χ0n) is 12.5. The van der Waals surface area contributed by atoms with Crippen molar-refractivity contribution in [2.24, 2.45) is 0 Å². The first-order valence-corrected chi connectivity index (χ1v) is 8.59. The van der Waals surface area contributed by atoms with E-state index in [1.165, 1.54) is 28.3 Å². The van der Waals surface area contributed by atoms with Crippen LogP contribution in [0.3, 0.4) is 0 Å². The molecule has 3 rings (SSSR count). The number of para-hydroxylation sites is 2. The first kappa shape index (κ1) is 14.3. The maximum Gasteiger partial charge on any atom is 0.0602 e. The second-order valence-electron chi connectivity index (χ2n) is 5.45.